The molecule has 0 rings (SSSR count). The first kappa shape index (κ1) is 25.0. The van der Waals surface area contributed by atoms with Crippen molar-refractivity contribution in [3.8, 4) is 0 Å². The van der Waals surface area contributed by atoms with E-state index in [1.165, 1.54) is 0 Å². The van der Waals surface area contributed by atoms with E-state index in [1.807, 2.05) is 41.5 Å². The zero-order chi connectivity index (χ0) is 21.3. The van der Waals surface area contributed by atoms with Gasteiger partial charge in [0.1, 0.15) is 5.60 Å². The molecule has 0 aliphatic rings. The Balaban J connectivity index is 4.69. The molecule has 158 valence electrons. The van der Waals surface area contributed by atoms with Gasteiger partial charge < -0.3 is 25.6 Å². The molecule has 0 aliphatic heterocycles. The highest BCUT2D eigenvalue weighted by Crippen LogP contribution is 2.07. The van der Waals surface area contributed by atoms with Gasteiger partial charge in [0.25, 0.3) is 0 Å². The zero-order valence-electron chi connectivity index (χ0n) is 18.5. The van der Waals surface area contributed by atoms with Gasteiger partial charge in [-0.2, -0.15) is 0 Å². The number of nitrogens with one attached hydrogen (secondary N) is 3. The van der Waals surface area contributed by atoms with Crippen molar-refractivity contribution in [1.82, 2.24) is 20.9 Å². The highest BCUT2D eigenvalue weighted by atomic mass is 16.6. The number of aliphatic imine (C=N–C) groups is 1. The third kappa shape index (κ3) is 12.9. The Morgan fingerprint density at radius 3 is 2.19 bits per heavy atom. The second-order valence-corrected chi connectivity index (χ2v) is 8.71. The van der Waals surface area contributed by atoms with Gasteiger partial charge in [0, 0.05) is 32.2 Å². The Kier molecular flexibility index (Phi) is 10.2. The lowest BCUT2D eigenvalue weighted by Gasteiger charge is -2.27. The largest absolute Gasteiger partial charge is 0.444 e. The van der Waals surface area contributed by atoms with E-state index in [0.717, 1.165) is 12.8 Å². The Hall–Kier alpha value is -1.99. The lowest BCUT2D eigenvalue weighted by molar-refractivity contribution is -0.122. The number of rotatable bonds is 7. The van der Waals surface area contributed by atoms with Gasteiger partial charge in [0.2, 0.25) is 5.91 Å². The molecule has 0 heterocycles. The molecule has 8 heteroatoms. The Morgan fingerprint density at radius 2 is 1.74 bits per heavy atom. The molecule has 0 fully saturated rings. The zero-order valence-corrected chi connectivity index (χ0v) is 18.5. The van der Waals surface area contributed by atoms with E-state index >= 15 is 0 Å². The van der Waals surface area contributed by atoms with E-state index < -0.39 is 11.7 Å². The van der Waals surface area contributed by atoms with Crippen LogP contribution in [0, 0.1) is 0 Å². The van der Waals surface area contributed by atoms with E-state index in [4.69, 9.17) is 4.74 Å². The summed E-state index contributed by atoms with van der Waals surface area (Å²) >= 11 is 0. The monoisotopic (exact) mass is 385 g/mol. The third-order valence-corrected chi connectivity index (χ3v) is 3.33. The first-order valence-corrected chi connectivity index (χ1v) is 9.49. The summed E-state index contributed by atoms with van der Waals surface area (Å²) in [5.41, 5.74) is -0.816. The molecule has 3 N–H and O–H groups in total. The molecule has 0 aromatic rings. The van der Waals surface area contributed by atoms with E-state index in [0.29, 0.717) is 12.5 Å². The molecule has 0 aliphatic carbocycles. The van der Waals surface area contributed by atoms with Gasteiger partial charge in [-0.05, 0) is 48.0 Å². The van der Waals surface area contributed by atoms with Crippen LogP contribution in [0.25, 0.3) is 0 Å². The molecule has 27 heavy (non-hydrogen) atoms. The second kappa shape index (κ2) is 11.0. The number of nitrogens with zero attached hydrogens (tertiary/aromatic N) is 2. The van der Waals surface area contributed by atoms with E-state index in [2.05, 4.69) is 27.9 Å². The molecule has 8 nitrogen and oxygen atoms in total. The minimum absolute atomic E-state index is 0.0788. The molecular weight excluding hydrogens is 346 g/mol. The lowest BCUT2D eigenvalue weighted by atomic mass is 10.1. The topological polar surface area (TPSA) is 95.1 Å². The fourth-order valence-corrected chi connectivity index (χ4v) is 2.40. The number of alkyl carbamates (subject to hydrolysis) is 1. The molecule has 0 aromatic heterocycles. The number of likely N-dealkylation sites (N-methyl/N-ethyl adjacent to an activating group) is 1. The fourth-order valence-electron chi connectivity index (χ4n) is 2.40. The predicted molar refractivity (Wildman–Crippen MR) is 110 cm³/mol. The van der Waals surface area contributed by atoms with E-state index in [9.17, 15) is 9.59 Å². The van der Waals surface area contributed by atoms with Crippen molar-refractivity contribution in [2.24, 2.45) is 4.99 Å². The minimum Gasteiger partial charge on any atom is -0.444 e. The molecule has 2 amide bonds. The quantitative estimate of drug-likeness (QED) is 0.461. The number of carbonyl (C=O) groups excluding carboxylic acids is 2. The standard InChI is InChI=1S/C19H39N5O3/c1-10-11-14(22-17(26)27-19(5,6)7)12-21-16(20-8)24(9)13-15(25)23-18(2,3)4/h14H,10-13H2,1-9H3,(H,20,21)(H,22,26)(H,23,25). The highest BCUT2D eigenvalue weighted by molar-refractivity contribution is 5.86. The summed E-state index contributed by atoms with van der Waals surface area (Å²) in [5.74, 6) is 0.510. The second-order valence-electron chi connectivity index (χ2n) is 8.71. The summed E-state index contributed by atoms with van der Waals surface area (Å²) in [6.45, 7) is 14.1. The van der Waals surface area contributed by atoms with Crippen LogP contribution in [0.5, 0.6) is 0 Å². The summed E-state index contributed by atoms with van der Waals surface area (Å²) < 4.78 is 5.32. The van der Waals surface area contributed by atoms with Crippen LogP contribution < -0.4 is 16.0 Å². The molecule has 0 aromatic carbocycles. The lowest BCUT2D eigenvalue weighted by Crippen LogP contribution is -2.51. The van der Waals surface area contributed by atoms with E-state index in [1.54, 1.807) is 19.0 Å². The summed E-state index contributed by atoms with van der Waals surface area (Å²) in [5, 5.41) is 9.03. The fraction of sp³-hybridized carbons (Fsp3) is 0.842. The number of guanidine groups is 1. The van der Waals surface area contributed by atoms with Gasteiger partial charge in [0.05, 0.1) is 6.54 Å². The number of amides is 2. The van der Waals surface area contributed by atoms with Gasteiger partial charge in [-0.25, -0.2) is 4.79 Å². The molecule has 0 saturated heterocycles. The Bertz CT molecular complexity index is 506. The maximum absolute atomic E-state index is 12.1. The van der Waals surface area contributed by atoms with Crippen LogP contribution in [0.4, 0.5) is 4.79 Å². The Morgan fingerprint density at radius 1 is 1.15 bits per heavy atom. The molecule has 0 spiro atoms. The minimum atomic E-state index is -0.537. The first-order valence-electron chi connectivity index (χ1n) is 9.49. The van der Waals surface area contributed by atoms with Crippen LogP contribution in [0.3, 0.4) is 0 Å². The number of hydrogen-bond acceptors (Lipinski definition) is 4. The van der Waals surface area contributed by atoms with Crippen LogP contribution in [0.15, 0.2) is 4.99 Å². The number of hydrogen-bond donors (Lipinski definition) is 3. The number of ether oxygens (including phenoxy) is 1. The van der Waals surface area contributed by atoms with Crippen LogP contribution in [0.2, 0.25) is 0 Å². The van der Waals surface area contributed by atoms with Gasteiger partial charge in [-0.15, -0.1) is 0 Å². The van der Waals surface area contributed by atoms with Crippen molar-refractivity contribution in [3.05, 3.63) is 0 Å². The van der Waals surface area contributed by atoms with Gasteiger partial charge in [0.15, 0.2) is 5.96 Å². The van der Waals surface area contributed by atoms with E-state index in [-0.39, 0.29) is 24.0 Å². The van der Waals surface area contributed by atoms with Crippen molar-refractivity contribution >= 4 is 18.0 Å². The van der Waals surface area contributed by atoms with Gasteiger partial charge in [-0.1, -0.05) is 13.3 Å². The highest BCUT2D eigenvalue weighted by Gasteiger charge is 2.20. The van der Waals surface area contributed by atoms with Crippen molar-refractivity contribution in [2.75, 3.05) is 27.2 Å². The smallest absolute Gasteiger partial charge is 0.407 e. The molecule has 0 bridgehead atoms. The molecule has 1 unspecified atom stereocenters. The summed E-state index contributed by atoms with van der Waals surface area (Å²) in [6, 6.07) is -0.0987. The van der Waals surface area contributed by atoms with Gasteiger partial charge in [-0.3, -0.25) is 9.79 Å². The van der Waals surface area contributed by atoms with Crippen LogP contribution in [-0.2, 0) is 9.53 Å². The van der Waals surface area contributed by atoms with Gasteiger partial charge >= 0.3 is 6.09 Å². The molecule has 0 radical (unpaired) electrons. The maximum Gasteiger partial charge on any atom is 0.407 e. The number of carbonyl (C=O) groups is 2. The molecule has 1 atom stereocenters. The van der Waals surface area contributed by atoms with Crippen molar-refractivity contribution in [3.63, 3.8) is 0 Å². The first-order chi connectivity index (χ1) is 12.3. The third-order valence-electron chi connectivity index (χ3n) is 3.33. The Labute approximate surface area is 164 Å². The molecular formula is C19H39N5O3. The summed E-state index contributed by atoms with van der Waals surface area (Å²) in [7, 11) is 3.46. The average molecular weight is 386 g/mol. The normalized spacial score (nSPS) is 13.6. The maximum atomic E-state index is 12.1. The SMILES string of the molecule is CCCC(CNC(=NC)N(C)CC(=O)NC(C)(C)C)NC(=O)OC(C)(C)C. The summed E-state index contributed by atoms with van der Waals surface area (Å²) in [6.07, 6.45) is 1.29. The van der Waals surface area contributed by atoms with Crippen LogP contribution >= 0.6 is 0 Å². The van der Waals surface area contributed by atoms with Crippen LogP contribution in [-0.4, -0.2) is 67.2 Å². The molecule has 0 saturated carbocycles. The predicted octanol–water partition coefficient (Wildman–Crippen LogP) is 2.10. The summed E-state index contributed by atoms with van der Waals surface area (Å²) in [4.78, 5) is 30.1. The van der Waals surface area contributed by atoms with Crippen LogP contribution in [0.1, 0.15) is 61.3 Å². The average Bonchev–Trinajstić information content (AvgIpc) is 2.43. The van der Waals surface area contributed by atoms with Crippen molar-refractivity contribution < 1.29 is 14.3 Å². The van der Waals surface area contributed by atoms with Crippen molar-refractivity contribution in [2.45, 2.75) is 78.5 Å². The van der Waals surface area contributed by atoms with Crippen molar-refractivity contribution in [1.29, 1.82) is 0 Å².